The van der Waals surface area contributed by atoms with Gasteiger partial charge in [0.2, 0.25) is 0 Å². The maximum absolute atomic E-state index is 13.4. The summed E-state index contributed by atoms with van der Waals surface area (Å²) >= 11 is 0. The number of hydrogen-bond acceptors (Lipinski definition) is 3. The van der Waals surface area contributed by atoms with Gasteiger partial charge >= 0.3 is 0 Å². The van der Waals surface area contributed by atoms with Crippen molar-refractivity contribution >= 4 is 21.4 Å². The van der Waals surface area contributed by atoms with Crippen molar-refractivity contribution in [3.63, 3.8) is 0 Å². The smallest absolute Gasteiger partial charge is 0.264 e. The van der Waals surface area contributed by atoms with Crippen molar-refractivity contribution < 1.29 is 8.42 Å². The number of benzene rings is 3. The quantitative estimate of drug-likeness (QED) is 0.673. The Balaban J connectivity index is 1.71. The average Bonchev–Trinajstić information content (AvgIpc) is 2.75. The van der Waals surface area contributed by atoms with E-state index >= 15 is 0 Å². The molecule has 0 amide bonds. The highest BCUT2D eigenvalue weighted by atomic mass is 32.2. The van der Waals surface area contributed by atoms with Gasteiger partial charge in [0.1, 0.15) is 0 Å². The molecule has 5 heteroatoms. The molecule has 0 saturated heterocycles. The number of aryl methyl sites for hydroxylation is 1. The number of hydrogen-bond donors (Lipinski definition) is 1. The van der Waals surface area contributed by atoms with Crippen LogP contribution >= 0.6 is 0 Å². The lowest BCUT2D eigenvalue weighted by Crippen LogP contribution is -2.33. The molecule has 0 unspecified atom stereocenters. The Kier molecular flexibility index (Phi) is 5.35. The zero-order valence-electron chi connectivity index (χ0n) is 15.7. The first-order valence-corrected chi connectivity index (χ1v) is 11.1. The van der Waals surface area contributed by atoms with Crippen molar-refractivity contribution in [3.05, 3.63) is 90.0 Å². The molecule has 0 fully saturated rings. The first kappa shape index (κ1) is 18.6. The Hall–Kier alpha value is -2.79. The van der Waals surface area contributed by atoms with E-state index in [0.717, 1.165) is 36.3 Å². The lowest BCUT2D eigenvalue weighted by atomic mass is 10.0. The molecule has 0 bridgehead atoms. The molecule has 1 aliphatic rings. The van der Waals surface area contributed by atoms with E-state index in [4.69, 9.17) is 0 Å². The maximum atomic E-state index is 13.4. The molecule has 1 heterocycles. The van der Waals surface area contributed by atoms with E-state index in [1.54, 1.807) is 28.6 Å². The second kappa shape index (κ2) is 8.07. The number of nitrogens with zero attached hydrogens (tertiary/aromatic N) is 1. The minimum absolute atomic E-state index is 0.318. The van der Waals surface area contributed by atoms with Gasteiger partial charge < -0.3 is 5.32 Å². The summed E-state index contributed by atoms with van der Waals surface area (Å²) in [7, 11) is -3.64. The van der Waals surface area contributed by atoms with Crippen LogP contribution in [0.25, 0.3) is 0 Å². The Morgan fingerprint density at radius 3 is 2.36 bits per heavy atom. The summed E-state index contributed by atoms with van der Waals surface area (Å²) in [5.41, 5.74) is 4.13. The first-order valence-electron chi connectivity index (χ1n) is 9.63. The summed E-state index contributed by atoms with van der Waals surface area (Å²) in [4.78, 5) is 0.318. The van der Waals surface area contributed by atoms with E-state index < -0.39 is 10.0 Å². The molecule has 0 aromatic heterocycles. The largest absolute Gasteiger partial charge is 0.385 e. The summed E-state index contributed by atoms with van der Waals surface area (Å²) < 4.78 is 28.4. The van der Waals surface area contributed by atoms with Crippen LogP contribution in [0, 0.1) is 0 Å². The van der Waals surface area contributed by atoms with E-state index in [0.29, 0.717) is 17.9 Å². The van der Waals surface area contributed by atoms with Gasteiger partial charge in [-0.25, -0.2) is 8.42 Å². The molecule has 3 aromatic carbocycles. The van der Waals surface area contributed by atoms with Crippen LogP contribution in [0.2, 0.25) is 0 Å². The van der Waals surface area contributed by atoms with Gasteiger partial charge in [0.05, 0.1) is 10.6 Å². The van der Waals surface area contributed by atoms with Crippen molar-refractivity contribution in [2.24, 2.45) is 0 Å². The number of sulfonamides is 1. The molecule has 4 nitrogen and oxygen atoms in total. The minimum Gasteiger partial charge on any atom is -0.385 e. The SMILES string of the molecule is O=S(=O)(c1ccccc1)N(CCc1ccccc1)c1ccc2c(c1)CCCN2. The highest BCUT2D eigenvalue weighted by Crippen LogP contribution is 2.30. The number of nitrogens with one attached hydrogen (secondary N) is 1. The highest BCUT2D eigenvalue weighted by molar-refractivity contribution is 7.92. The van der Waals surface area contributed by atoms with Gasteiger partial charge in [-0.3, -0.25) is 4.31 Å². The summed E-state index contributed by atoms with van der Waals surface area (Å²) in [6.07, 6.45) is 2.68. The van der Waals surface area contributed by atoms with Gasteiger partial charge in [-0.2, -0.15) is 0 Å². The lowest BCUT2D eigenvalue weighted by Gasteiger charge is -2.27. The molecule has 0 atom stereocenters. The van der Waals surface area contributed by atoms with Gasteiger partial charge in [-0.1, -0.05) is 48.5 Å². The third kappa shape index (κ3) is 3.90. The van der Waals surface area contributed by atoms with Crippen molar-refractivity contribution in [2.45, 2.75) is 24.2 Å². The Morgan fingerprint density at radius 2 is 1.61 bits per heavy atom. The molecule has 1 aliphatic heterocycles. The van der Waals surface area contributed by atoms with E-state index in [1.165, 1.54) is 5.56 Å². The monoisotopic (exact) mass is 392 g/mol. The van der Waals surface area contributed by atoms with Crippen LogP contribution < -0.4 is 9.62 Å². The van der Waals surface area contributed by atoms with Gasteiger partial charge in [0.15, 0.2) is 0 Å². The molecule has 3 aromatic rings. The Bertz CT molecular complexity index is 1030. The number of anilines is 2. The Labute approximate surface area is 166 Å². The van der Waals surface area contributed by atoms with Gasteiger partial charge in [0, 0.05) is 18.8 Å². The molecule has 1 N–H and O–H groups in total. The summed E-state index contributed by atoms with van der Waals surface area (Å²) in [5, 5.41) is 3.39. The van der Waals surface area contributed by atoms with Crippen molar-refractivity contribution in [2.75, 3.05) is 22.7 Å². The van der Waals surface area contributed by atoms with Crippen LogP contribution in [0.5, 0.6) is 0 Å². The van der Waals surface area contributed by atoms with Crippen molar-refractivity contribution in [3.8, 4) is 0 Å². The number of fused-ring (bicyclic) bond motifs is 1. The fraction of sp³-hybridized carbons (Fsp3) is 0.217. The van der Waals surface area contributed by atoms with E-state index in [9.17, 15) is 8.42 Å². The van der Waals surface area contributed by atoms with Crippen LogP contribution in [-0.2, 0) is 22.9 Å². The second-order valence-electron chi connectivity index (χ2n) is 7.00. The summed E-state index contributed by atoms with van der Waals surface area (Å²) in [6.45, 7) is 1.36. The number of rotatable bonds is 6. The minimum atomic E-state index is -3.64. The molecule has 0 aliphatic carbocycles. The maximum Gasteiger partial charge on any atom is 0.264 e. The molecule has 144 valence electrons. The average molecular weight is 393 g/mol. The third-order valence-electron chi connectivity index (χ3n) is 5.09. The summed E-state index contributed by atoms with van der Waals surface area (Å²) in [6, 6.07) is 24.6. The zero-order valence-corrected chi connectivity index (χ0v) is 16.5. The predicted octanol–water partition coefficient (Wildman–Crippen LogP) is 4.48. The van der Waals surface area contributed by atoms with Gasteiger partial charge in [0.25, 0.3) is 10.0 Å². The predicted molar refractivity (Wildman–Crippen MR) is 114 cm³/mol. The zero-order chi connectivity index (χ0) is 19.4. The molecule has 0 radical (unpaired) electrons. The van der Waals surface area contributed by atoms with Crippen molar-refractivity contribution in [1.29, 1.82) is 0 Å². The van der Waals surface area contributed by atoms with Crippen molar-refractivity contribution in [1.82, 2.24) is 0 Å². The van der Waals surface area contributed by atoms with Crippen LogP contribution in [0.1, 0.15) is 17.5 Å². The Morgan fingerprint density at radius 1 is 0.893 bits per heavy atom. The fourth-order valence-electron chi connectivity index (χ4n) is 3.60. The topological polar surface area (TPSA) is 49.4 Å². The van der Waals surface area contributed by atoms with Crippen LogP contribution in [0.4, 0.5) is 11.4 Å². The fourth-order valence-corrected chi connectivity index (χ4v) is 5.08. The van der Waals surface area contributed by atoms with E-state index in [-0.39, 0.29) is 0 Å². The lowest BCUT2D eigenvalue weighted by molar-refractivity contribution is 0.590. The second-order valence-corrected chi connectivity index (χ2v) is 8.86. The molecule has 0 spiro atoms. The van der Waals surface area contributed by atoms with Crippen LogP contribution in [0.3, 0.4) is 0 Å². The molecular formula is C23H24N2O2S. The molecule has 4 rings (SSSR count). The molecule has 0 saturated carbocycles. The van der Waals surface area contributed by atoms with Crippen LogP contribution in [-0.4, -0.2) is 21.5 Å². The van der Waals surface area contributed by atoms with E-state index in [1.807, 2.05) is 54.6 Å². The van der Waals surface area contributed by atoms with Gasteiger partial charge in [-0.15, -0.1) is 0 Å². The standard InChI is InChI=1S/C23H24N2O2S/c26-28(27,22-11-5-2-6-12-22)25(17-15-19-8-3-1-4-9-19)21-13-14-23-20(18-21)10-7-16-24-23/h1-6,8-9,11-14,18,24H,7,10,15-17H2. The normalized spacial score (nSPS) is 13.4. The third-order valence-corrected chi connectivity index (χ3v) is 6.93. The highest BCUT2D eigenvalue weighted by Gasteiger charge is 2.25. The summed E-state index contributed by atoms with van der Waals surface area (Å²) in [5.74, 6) is 0. The first-order chi connectivity index (χ1) is 13.6. The molecule has 28 heavy (non-hydrogen) atoms. The van der Waals surface area contributed by atoms with Crippen LogP contribution in [0.15, 0.2) is 83.8 Å². The van der Waals surface area contributed by atoms with E-state index in [2.05, 4.69) is 5.32 Å². The molecular weight excluding hydrogens is 368 g/mol. The van der Waals surface area contributed by atoms with Gasteiger partial charge in [-0.05, 0) is 60.7 Å².